The van der Waals surface area contributed by atoms with E-state index in [2.05, 4.69) is 9.97 Å². The topological polar surface area (TPSA) is 103 Å². The van der Waals surface area contributed by atoms with E-state index in [4.69, 9.17) is 5.11 Å². The lowest BCUT2D eigenvalue weighted by Gasteiger charge is -2.20. The molecule has 0 aliphatic heterocycles. The Morgan fingerprint density at radius 2 is 1.95 bits per heavy atom. The number of amides is 1. The summed E-state index contributed by atoms with van der Waals surface area (Å²) < 4.78 is 0. The normalized spacial score (nSPS) is 10.1. The van der Waals surface area contributed by atoms with Crippen LogP contribution in [0.4, 0.5) is 5.69 Å². The number of carbonyl (C=O) groups excluding carboxylic acids is 1. The van der Waals surface area contributed by atoms with Crippen LogP contribution in [0.1, 0.15) is 16.1 Å². The molecule has 0 saturated carbocycles. The van der Waals surface area contributed by atoms with Crippen molar-refractivity contribution in [2.75, 3.05) is 11.4 Å². The van der Waals surface area contributed by atoms with Crippen molar-refractivity contribution in [2.45, 2.75) is 6.92 Å². The summed E-state index contributed by atoms with van der Waals surface area (Å²) in [4.78, 5) is 41.4. The average molecular weight is 287 g/mol. The Morgan fingerprint density at radius 3 is 2.48 bits per heavy atom. The van der Waals surface area contributed by atoms with Crippen LogP contribution in [0.25, 0.3) is 0 Å². The number of hydrogen-bond acceptors (Lipinski definition) is 4. The zero-order valence-electron chi connectivity index (χ0n) is 11.2. The van der Waals surface area contributed by atoms with Crippen molar-refractivity contribution in [3.8, 4) is 0 Å². The minimum absolute atomic E-state index is 0.0311. The van der Waals surface area contributed by atoms with Gasteiger partial charge < -0.3 is 10.1 Å². The third kappa shape index (κ3) is 3.53. The number of carboxylic acids is 1. The second-order valence-corrected chi connectivity index (χ2v) is 4.42. The van der Waals surface area contributed by atoms with E-state index in [9.17, 15) is 14.4 Å². The molecule has 2 N–H and O–H groups in total. The van der Waals surface area contributed by atoms with Gasteiger partial charge in [0.2, 0.25) is 0 Å². The monoisotopic (exact) mass is 287 g/mol. The fraction of sp³-hybridized carbons (Fsp3) is 0.143. The van der Waals surface area contributed by atoms with Crippen LogP contribution in [0, 0.1) is 6.92 Å². The van der Waals surface area contributed by atoms with Crippen molar-refractivity contribution >= 4 is 17.6 Å². The zero-order valence-corrected chi connectivity index (χ0v) is 11.2. The number of benzene rings is 1. The van der Waals surface area contributed by atoms with Crippen LogP contribution >= 0.6 is 0 Å². The summed E-state index contributed by atoms with van der Waals surface area (Å²) in [7, 11) is 0. The van der Waals surface area contributed by atoms with Crippen molar-refractivity contribution < 1.29 is 14.7 Å². The number of H-pyrrole nitrogens is 1. The van der Waals surface area contributed by atoms with Crippen molar-refractivity contribution in [1.82, 2.24) is 9.97 Å². The predicted octanol–water partition coefficient (Wildman–Crippen LogP) is 0.810. The van der Waals surface area contributed by atoms with Crippen LogP contribution in [-0.4, -0.2) is 33.5 Å². The van der Waals surface area contributed by atoms with Crippen LogP contribution in [0.5, 0.6) is 0 Å². The highest BCUT2D eigenvalue weighted by Gasteiger charge is 2.21. The van der Waals surface area contributed by atoms with Gasteiger partial charge in [0.1, 0.15) is 12.2 Å². The molecule has 0 aliphatic rings. The first-order valence-corrected chi connectivity index (χ1v) is 6.12. The molecule has 0 unspecified atom stereocenters. The summed E-state index contributed by atoms with van der Waals surface area (Å²) in [5.41, 5.74) is 0.965. The molecular formula is C14H13N3O4. The van der Waals surface area contributed by atoms with E-state index in [1.165, 1.54) is 0 Å². The minimum Gasteiger partial charge on any atom is -0.480 e. The van der Waals surface area contributed by atoms with E-state index in [-0.39, 0.29) is 5.69 Å². The third-order valence-electron chi connectivity index (χ3n) is 2.78. The Labute approximate surface area is 119 Å². The summed E-state index contributed by atoms with van der Waals surface area (Å²) in [6.07, 6.45) is 2.13. The lowest BCUT2D eigenvalue weighted by Crippen LogP contribution is -2.36. The summed E-state index contributed by atoms with van der Waals surface area (Å²) in [6.45, 7) is 1.39. The molecule has 2 aromatic rings. The van der Waals surface area contributed by atoms with Crippen LogP contribution in [-0.2, 0) is 4.79 Å². The number of rotatable bonds is 4. The molecule has 0 spiro atoms. The lowest BCUT2D eigenvalue weighted by molar-refractivity contribution is -0.135. The number of aryl methyl sites for hydroxylation is 1. The fourth-order valence-corrected chi connectivity index (χ4v) is 1.74. The second-order valence-electron chi connectivity index (χ2n) is 4.42. The number of aliphatic carboxylic acids is 1. The van der Waals surface area contributed by atoms with Gasteiger partial charge in [-0.1, -0.05) is 17.7 Å². The van der Waals surface area contributed by atoms with Crippen LogP contribution in [0.3, 0.4) is 0 Å². The largest absolute Gasteiger partial charge is 0.480 e. The van der Waals surface area contributed by atoms with Crippen molar-refractivity contribution in [1.29, 1.82) is 0 Å². The van der Waals surface area contributed by atoms with Gasteiger partial charge in [0.05, 0.1) is 6.20 Å². The molecule has 0 saturated heterocycles. The van der Waals surface area contributed by atoms with Crippen LogP contribution in [0.2, 0.25) is 0 Å². The lowest BCUT2D eigenvalue weighted by atomic mass is 10.2. The molecule has 108 valence electrons. The molecule has 1 heterocycles. The minimum atomic E-state index is -1.15. The summed E-state index contributed by atoms with van der Waals surface area (Å²) >= 11 is 0. The fourth-order valence-electron chi connectivity index (χ4n) is 1.74. The molecule has 0 bridgehead atoms. The van der Waals surface area contributed by atoms with Crippen molar-refractivity contribution in [3.05, 3.63) is 58.3 Å². The van der Waals surface area contributed by atoms with Crippen molar-refractivity contribution in [3.63, 3.8) is 0 Å². The molecule has 0 aliphatic carbocycles. The molecule has 21 heavy (non-hydrogen) atoms. The first kappa shape index (κ1) is 14.4. The van der Waals surface area contributed by atoms with Gasteiger partial charge >= 0.3 is 5.97 Å². The Balaban J connectivity index is 2.37. The smallest absolute Gasteiger partial charge is 0.323 e. The second kappa shape index (κ2) is 6.00. The summed E-state index contributed by atoms with van der Waals surface area (Å²) in [5.74, 6) is -1.74. The quantitative estimate of drug-likeness (QED) is 0.866. The van der Waals surface area contributed by atoms with E-state index in [1.807, 2.05) is 6.92 Å². The highest BCUT2D eigenvalue weighted by atomic mass is 16.4. The highest BCUT2D eigenvalue weighted by Crippen LogP contribution is 2.17. The Hall–Kier alpha value is -2.96. The zero-order chi connectivity index (χ0) is 15.4. The van der Waals surface area contributed by atoms with Gasteiger partial charge in [0.15, 0.2) is 0 Å². The number of aromatic amines is 1. The van der Waals surface area contributed by atoms with Crippen LogP contribution in [0.15, 0.2) is 41.5 Å². The molecule has 7 heteroatoms. The maximum atomic E-state index is 12.4. The first-order valence-electron chi connectivity index (χ1n) is 6.12. The Bertz CT molecular complexity index is 701. The molecule has 7 nitrogen and oxygen atoms in total. The molecule has 0 radical (unpaired) electrons. The van der Waals surface area contributed by atoms with Crippen LogP contribution < -0.4 is 10.5 Å². The highest BCUT2D eigenvalue weighted by molar-refractivity contribution is 6.06. The first-order chi connectivity index (χ1) is 9.97. The van der Waals surface area contributed by atoms with Gasteiger partial charge in [-0.15, -0.1) is 0 Å². The van der Waals surface area contributed by atoms with E-state index in [0.717, 1.165) is 22.9 Å². The van der Waals surface area contributed by atoms with E-state index in [0.29, 0.717) is 5.69 Å². The third-order valence-corrected chi connectivity index (χ3v) is 2.78. The number of nitrogens with zero attached hydrogens (tertiary/aromatic N) is 2. The maximum absolute atomic E-state index is 12.4. The molecular weight excluding hydrogens is 274 g/mol. The van der Waals surface area contributed by atoms with E-state index >= 15 is 0 Å². The molecule has 2 rings (SSSR count). The van der Waals surface area contributed by atoms with Gasteiger partial charge in [-0.25, -0.2) is 4.98 Å². The molecule has 0 atom stereocenters. The Kier molecular flexibility index (Phi) is 4.13. The van der Waals surface area contributed by atoms with Crippen molar-refractivity contribution in [2.24, 2.45) is 0 Å². The number of aromatic nitrogens is 2. The van der Waals surface area contributed by atoms with E-state index < -0.39 is 24.0 Å². The van der Waals surface area contributed by atoms with Gasteiger partial charge in [0, 0.05) is 11.9 Å². The number of nitrogens with one attached hydrogen (secondary N) is 1. The number of carboxylic acid groups (broad SMARTS) is 1. The van der Waals surface area contributed by atoms with E-state index in [1.54, 1.807) is 24.3 Å². The number of hydrogen-bond donors (Lipinski definition) is 2. The number of carbonyl (C=O) groups is 2. The maximum Gasteiger partial charge on any atom is 0.323 e. The average Bonchev–Trinajstić information content (AvgIpc) is 2.46. The summed E-state index contributed by atoms with van der Waals surface area (Å²) in [6, 6.07) is 6.86. The molecule has 1 aromatic carbocycles. The molecule has 1 aromatic heterocycles. The standard InChI is InChI=1S/C14H13N3O4/c1-9-2-4-10(5-3-9)17(8-13(19)20)14(21)11-6-16-12(18)7-15-11/h2-7H,8H2,1H3,(H,16,18)(H,19,20). The number of anilines is 1. The predicted molar refractivity (Wildman–Crippen MR) is 75.3 cm³/mol. The van der Waals surface area contributed by atoms with Gasteiger partial charge in [-0.3, -0.25) is 19.3 Å². The molecule has 0 fully saturated rings. The SMILES string of the molecule is Cc1ccc(N(CC(=O)O)C(=O)c2c[nH]c(=O)cn2)cc1. The summed E-state index contributed by atoms with van der Waals surface area (Å²) in [5, 5.41) is 8.97. The Morgan fingerprint density at radius 1 is 1.29 bits per heavy atom. The van der Waals surface area contributed by atoms with Gasteiger partial charge in [-0.2, -0.15) is 0 Å². The van der Waals surface area contributed by atoms with Gasteiger partial charge in [0.25, 0.3) is 11.5 Å². The molecule has 1 amide bonds. The van der Waals surface area contributed by atoms with Gasteiger partial charge in [-0.05, 0) is 19.1 Å².